The molecule has 2 rings (SSSR count). The third kappa shape index (κ3) is 4.47. The van der Waals surface area contributed by atoms with Crippen LogP contribution in [0.4, 0.5) is 0 Å². The number of hydrogen-bond acceptors (Lipinski definition) is 4. The van der Waals surface area contributed by atoms with Gasteiger partial charge >= 0.3 is 5.97 Å². The van der Waals surface area contributed by atoms with E-state index in [4.69, 9.17) is 9.84 Å². The number of likely N-dealkylation sites (N-methyl/N-ethyl adjacent to an activating group) is 1. The number of amides is 1. The molecule has 0 aromatic heterocycles. The number of aliphatic carboxylic acids is 1. The van der Waals surface area contributed by atoms with Crippen LogP contribution in [0.3, 0.4) is 0 Å². The summed E-state index contributed by atoms with van der Waals surface area (Å²) in [6, 6.07) is 5.72. The number of nitrogens with zero attached hydrogens (tertiary/aromatic N) is 2. The van der Waals surface area contributed by atoms with Crippen molar-refractivity contribution in [1.82, 2.24) is 9.80 Å². The van der Waals surface area contributed by atoms with Gasteiger partial charge < -0.3 is 14.7 Å². The number of likely N-dealkylation sites (tertiary alicyclic amines) is 1. The number of carbonyl (C=O) groups is 2. The monoisotopic (exact) mass is 334 g/mol. The molecule has 1 aromatic carbocycles. The van der Waals surface area contributed by atoms with Crippen molar-refractivity contribution in [1.29, 1.82) is 0 Å². The predicted octanol–water partition coefficient (Wildman–Crippen LogP) is 2.01. The molecule has 1 fully saturated rings. The average Bonchev–Trinajstić information content (AvgIpc) is 2.80. The van der Waals surface area contributed by atoms with Crippen LogP contribution in [0.15, 0.2) is 18.2 Å². The van der Waals surface area contributed by atoms with Gasteiger partial charge in [-0.2, -0.15) is 0 Å². The van der Waals surface area contributed by atoms with E-state index in [1.54, 1.807) is 13.2 Å². The molecule has 0 radical (unpaired) electrons. The SMILES string of the molecule is COc1cc(C(=O)N2CCCC(N(C)CC(=O)O)CC2)ccc1C. The third-order valence-electron chi connectivity index (χ3n) is 4.65. The molecule has 132 valence electrons. The van der Waals surface area contributed by atoms with Crippen molar-refractivity contribution in [3.05, 3.63) is 29.3 Å². The lowest BCUT2D eigenvalue weighted by Gasteiger charge is -2.25. The van der Waals surface area contributed by atoms with E-state index >= 15 is 0 Å². The topological polar surface area (TPSA) is 70.1 Å². The van der Waals surface area contributed by atoms with Crippen LogP contribution in [0, 0.1) is 6.92 Å². The lowest BCUT2D eigenvalue weighted by Crippen LogP contribution is -2.37. The molecule has 6 heteroatoms. The van der Waals surface area contributed by atoms with Crippen molar-refractivity contribution < 1.29 is 19.4 Å². The summed E-state index contributed by atoms with van der Waals surface area (Å²) in [5.41, 5.74) is 1.63. The summed E-state index contributed by atoms with van der Waals surface area (Å²) in [5, 5.41) is 8.93. The van der Waals surface area contributed by atoms with E-state index in [9.17, 15) is 9.59 Å². The molecule has 0 spiro atoms. The highest BCUT2D eigenvalue weighted by molar-refractivity contribution is 5.94. The normalized spacial score (nSPS) is 18.3. The molecule has 6 nitrogen and oxygen atoms in total. The Morgan fingerprint density at radius 2 is 2.08 bits per heavy atom. The van der Waals surface area contributed by atoms with Crippen LogP contribution >= 0.6 is 0 Å². The first kappa shape index (κ1) is 18.3. The van der Waals surface area contributed by atoms with Gasteiger partial charge in [-0.25, -0.2) is 0 Å². The van der Waals surface area contributed by atoms with Crippen molar-refractivity contribution in [3.8, 4) is 5.75 Å². The van der Waals surface area contributed by atoms with E-state index in [2.05, 4.69) is 0 Å². The molecule has 1 aliphatic rings. The number of methoxy groups -OCH3 is 1. The van der Waals surface area contributed by atoms with E-state index < -0.39 is 5.97 Å². The number of rotatable bonds is 5. The molecule has 0 saturated carbocycles. The first-order chi connectivity index (χ1) is 11.4. The predicted molar refractivity (Wildman–Crippen MR) is 91.5 cm³/mol. The van der Waals surface area contributed by atoms with E-state index in [1.165, 1.54) is 0 Å². The Hall–Kier alpha value is -2.08. The fourth-order valence-electron chi connectivity index (χ4n) is 3.20. The molecule has 24 heavy (non-hydrogen) atoms. The van der Waals surface area contributed by atoms with Crippen LogP contribution in [0.2, 0.25) is 0 Å². The molecule has 1 amide bonds. The zero-order chi connectivity index (χ0) is 17.7. The van der Waals surface area contributed by atoms with Crippen molar-refractivity contribution in [2.24, 2.45) is 0 Å². The quantitative estimate of drug-likeness (QED) is 0.892. The van der Waals surface area contributed by atoms with Gasteiger partial charge in [0.2, 0.25) is 0 Å². The van der Waals surface area contributed by atoms with Crippen LogP contribution in [0.1, 0.15) is 35.2 Å². The Balaban J connectivity index is 2.03. The van der Waals surface area contributed by atoms with Crippen LogP contribution < -0.4 is 4.74 Å². The molecule has 1 N–H and O–H groups in total. The van der Waals surface area contributed by atoms with Gasteiger partial charge in [-0.3, -0.25) is 14.5 Å². The summed E-state index contributed by atoms with van der Waals surface area (Å²) in [6.07, 6.45) is 2.58. The minimum atomic E-state index is -0.818. The molecular weight excluding hydrogens is 308 g/mol. The van der Waals surface area contributed by atoms with Gasteiger partial charge in [0.15, 0.2) is 0 Å². The Kier molecular flexibility index (Phi) is 6.20. The second kappa shape index (κ2) is 8.15. The van der Waals surface area contributed by atoms with Gasteiger partial charge in [-0.05, 0) is 50.9 Å². The van der Waals surface area contributed by atoms with Crippen LogP contribution in [-0.4, -0.2) is 66.6 Å². The number of hydrogen-bond donors (Lipinski definition) is 1. The van der Waals surface area contributed by atoms with Gasteiger partial charge in [0, 0.05) is 24.7 Å². The number of carbonyl (C=O) groups excluding carboxylic acids is 1. The minimum absolute atomic E-state index is 0.00911. The summed E-state index contributed by atoms with van der Waals surface area (Å²) in [5.74, 6) is -0.0917. The van der Waals surface area contributed by atoms with Gasteiger partial charge in [0.05, 0.1) is 13.7 Å². The molecule has 1 unspecified atom stereocenters. The van der Waals surface area contributed by atoms with E-state index in [0.717, 1.165) is 30.6 Å². The van der Waals surface area contributed by atoms with Crippen LogP contribution in [0.25, 0.3) is 0 Å². The maximum Gasteiger partial charge on any atom is 0.317 e. The first-order valence-corrected chi connectivity index (χ1v) is 8.28. The lowest BCUT2D eigenvalue weighted by molar-refractivity contribution is -0.138. The number of carboxylic acids is 1. The molecule has 1 saturated heterocycles. The molecule has 0 aliphatic carbocycles. The maximum absolute atomic E-state index is 12.7. The Morgan fingerprint density at radius 1 is 1.33 bits per heavy atom. The molecular formula is C18H26N2O4. The second-order valence-electron chi connectivity index (χ2n) is 6.37. The van der Waals surface area contributed by atoms with E-state index in [1.807, 2.05) is 35.9 Å². The smallest absolute Gasteiger partial charge is 0.317 e. The Labute approximate surface area is 143 Å². The Morgan fingerprint density at radius 3 is 2.75 bits per heavy atom. The number of benzene rings is 1. The largest absolute Gasteiger partial charge is 0.496 e. The van der Waals surface area contributed by atoms with E-state index in [0.29, 0.717) is 18.7 Å². The maximum atomic E-state index is 12.7. The molecule has 1 aliphatic heterocycles. The third-order valence-corrected chi connectivity index (χ3v) is 4.65. The van der Waals surface area contributed by atoms with Gasteiger partial charge in [0.1, 0.15) is 5.75 Å². The second-order valence-corrected chi connectivity index (χ2v) is 6.37. The molecule has 1 aromatic rings. The molecule has 0 bridgehead atoms. The zero-order valence-corrected chi connectivity index (χ0v) is 14.6. The summed E-state index contributed by atoms with van der Waals surface area (Å²) in [4.78, 5) is 27.3. The molecule has 1 atom stereocenters. The highest BCUT2D eigenvalue weighted by Gasteiger charge is 2.24. The van der Waals surface area contributed by atoms with Crippen molar-refractivity contribution in [3.63, 3.8) is 0 Å². The van der Waals surface area contributed by atoms with Crippen LogP contribution in [0.5, 0.6) is 5.75 Å². The summed E-state index contributed by atoms with van der Waals surface area (Å²) in [6.45, 7) is 3.33. The van der Waals surface area contributed by atoms with Gasteiger partial charge in [0.25, 0.3) is 5.91 Å². The highest BCUT2D eigenvalue weighted by Crippen LogP contribution is 2.22. The van der Waals surface area contributed by atoms with Crippen molar-refractivity contribution in [2.75, 3.05) is 33.8 Å². The summed E-state index contributed by atoms with van der Waals surface area (Å²) < 4.78 is 5.30. The molecule has 1 heterocycles. The number of carboxylic acid groups (broad SMARTS) is 1. The lowest BCUT2D eigenvalue weighted by atomic mass is 10.1. The van der Waals surface area contributed by atoms with Gasteiger partial charge in [-0.15, -0.1) is 0 Å². The van der Waals surface area contributed by atoms with E-state index in [-0.39, 0.29) is 18.5 Å². The fourth-order valence-corrected chi connectivity index (χ4v) is 3.20. The van der Waals surface area contributed by atoms with Crippen molar-refractivity contribution in [2.45, 2.75) is 32.2 Å². The fraction of sp³-hybridized carbons (Fsp3) is 0.556. The zero-order valence-electron chi connectivity index (χ0n) is 14.6. The Bertz CT molecular complexity index is 603. The summed E-state index contributed by atoms with van der Waals surface area (Å²) in [7, 11) is 3.44. The highest BCUT2D eigenvalue weighted by atomic mass is 16.5. The first-order valence-electron chi connectivity index (χ1n) is 8.28. The van der Waals surface area contributed by atoms with Crippen LogP contribution in [-0.2, 0) is 4.79 Å². The van der Waals surface area contributed by atoms with Gasteiger partial charge in [-0.1, -0.05) is 6.07 Å². The number of ether oxygens (including phenoxy) is 1. The van der Waals surface area contributed by atoms with Crippen molar-refractivity contribution >= 4 is 11.9 Å². The standard InChI is InChI=1S/C18H26N2O4/c1-13-6-7-14(11-16(13)24-3)18(23)20-9-4-5-15(8-10-20)19(2)12-17(21)22/h6-7,11,15H,4-5,8-10,12H2,1-3H3,(H,21,22). The number of aryl methyl sites for hydroxylation is 1. The summed E-state index contributed by atoms with van der Waals surface area (Å²) >= 11 is 0. The average molecular weight is 334 g/mol. The minimum Gasteiger partial charge on any atom is -0.496 e.